The molecule has 2 aromatic carbocycles. The van der Waals surface area contributed by atoms with E-state index in [1.165, 1.54) is 38.2 Å². The maximum Gasteiger partial charge on any atom is 0.287 e. The number of hydrogen-bond donors (Lipinski definition) is 3. The SMILES string of the molecule is COc1cc2nn([C@H]3CC[C@H](CN4CC5(CC(CCNc6cccc7c6C(=O)N([C@@H]6CCC(=O)NC6=O)C7=O)C5)C4)CC3)cc2cc1NC(=O)c1cccc(C(C)(F)F)n1. The Morgan fingerprint density at radius 1 is 0.967 bits per heavy atom. The van der Waals surface area contributed by atoms with Crippen LogP contribution in [0.15, 0.2) is 54.7 Å². The molecule has 9 rings (SSSR count). The second-order valence-corrected chi connectivity index (χ2v) is 17.5. The molecule has 1 spiro atoms. The van der Waals surface area contributed by atoms with Crippen LogP contribution in [0, 0.1) is 17.3 Å². The predicted octanol–water partition coefficient (Wildman–Crippen LogP) is 6.15. The van der Waals surface area contributed by atoms with Crippen LogP contribution in [-0.2, 0) is 15.5 Å². The van der Waals surface area contributed by atoms with Crippen LogP contribution in [0.3, 0.4) is 0 Å². The zero-order valence-corrected chi connectivity index (χ0v) is 33.6. The molecule has 0 bridgehead atoms. The van der Waals surface area contributed by atoms with Crippen molar-refractivity contribution in [2.75, 3.05) is 43.9 Å². The van der Waals surface area contributed by atoms with Crippen molar-refractivity contribution in [1.82, 2.24) is 29.9 Å². The van der Waals surface area contributed by atoms with Crippen LogP contribution in [0.25, 0.3) is 10.9 Å². The number of aromatic nitrogens is 3. The summed E-state index contributed by atoms with van der Waals surface area (Å²) in [6.07, 6.45) is 9.85. The molecule has 2 saturated heterocycles. The fraction of sp³-hybridized carbons (Fsp3) is 0.477. The number of nitrogens with one attached hydrogen (secondary N) is 3. The van der Waals surface area contributed by atoms with E-state index in [0.717, 1.165) is 74.5 Å². The molecular formula is C44H48F2N8O6. The monoisotopic (exact) mass is 822 g/mol. The number of imide groups is 2. The van der Waals surface area contributed by atoms with Gasteiger partial charge in [0.05, 0.1) is 35.5 Å². The molecule has 2 saturated carbocycles. The van der Waals surface area contributed by atoms with E-state index in [-0.39, 0.29) is 30.1 Å². The summed E-state index contributed by atoms with van der Waals surface area (Å²) in [6.45, 7) is 4.80. The van der Waals surface area contributed by atoms with Gasteiger partial charge in [0.2, 0.25) is 11.8 Å². The molecule has 0 radical (unpaired) electrons. The molecular weight excluding hydrogens is 775 g/mol. The average molecular weight is 823 g/mol. The highest BCUT2D eigenvalue weighted by Crippen LogP contribution is 2.53. The van der Waals surface area contributed by atoms with Gasteiger partial charge in [0.1, 0.15) is 23.2 Å². The van der Waals surface area contributed by atoms with Crippen molar-refractivity contribution in [2.45, 2.75) is 82.7 Å². The number of piperidine rings is 1. The number of likely N-dealkylation sites (tertiary alicyclic amines) is 1. The summed E-state index contributed by atoms with van der Waals surface area (Å²) in [6, 6.07) is 12.0. The zero-order valence-electron chi connectivity index (χ0n) is 33.6. The van der Waals surface area contributed by atoms with Crippen molar-refractivity contribution in [1.29, 1.82) is 0 Å². The summed E-state index contributed by atoms with van der Waals surface area (Å²) in [7, 11) is 1.50. The lowest BCUT2D eigenvalue weighted by molar-refractivity contribution is -0.136. The first-order chi connectivity index (χ1) is 28.8. The van der Waals surface area contributed by atoms with Gasteiger partial charge in [-0.25, -0.2) is 4.98 Å². The summed E-state index contributed by atoms with van der Waals surface area (Å²) in [5.41, 5.74) is 2.14. The summed E-state index contributed by atoms with van der Waals surface area (Å²) in [5.74, 6) is -4.14. The molecule has 16 heteroatoms. The third-order valence-electron chi connectivity index (χ3n) is 13.1. The highest BCUT2D eigenvalue weighted by molar-refractivity contribution is 6.25. The first-order valence-electron chi connectivity index (χ1n) is 20.8. The van der Waals surface area contributed by atoms with Crippen molar-refractivity contribution < 1.29 is 37.5 Å². The van der Waals surface area contributed by atoms with E-state index < -0.39 is 47.2 Å². The zero-order chi connectivity index (χ0) is 41.9. The minimum Gasteiger partial charge on any atom is -0.494 e. The molecule has 0 unspecified atom stereocenters. The fourth-order valence-electron chi connectivity index (χ4n) is 10.2. The molecule has 2 aromatic heterocycles. The third kappa shape index (κ3) is 7.50. The van der Waals surface area contributed by atoms with Crippen LogP contribution in [-0.4, -0.2) is 93.4 Å². The molecule has 4 fully saturated rings. The standard InChI is InChI=1S/C44H48F2N8O6/c1-43(45,46)36-8-4-7-31(48-36)39(56)49-33-17-27-22-53(51-32(27)18-35(33)60-2)28-11-9-25(10-12-28)21-52-23-44(24-52)19-26(20-44)15-16-47-30-6-3-5-29-38(30)42(59)54(41(29)58)34-13-14-37(55)50-40(34)57/h3-8,17-18,22,25-26,28,34,47H,9-16,19-21,23-24H2,1-2H3,(H,49,56)(H,50,55,57)/t25-,28-,34-/m1/s1. The number of carbonyl (C=O) groups excluding carboxylic acids is 5. The van der Waals surface area contributed by atoms with Gasteiger partial charge in [0.15, 0.2) is 0 Å². The number of carbonyl (C=O) groups is 5. The van der Waals surface area contributed by atoms with Gasteiger partial charge in [0, 0.05) is 62.9 Å². The largest absolute Gasteiger partial charge is 0.494 e. The van der Waals surface area contributed by atoms with Gasteiger partial charge in [-0.1, -0.05) is 12.1 Å². The van der Waals surface area contributed by atoms with Crippen molar-refractivity contribution >= 4 is 51.8 Å². The minimum atomic E-state index is -3.17. The molecule has 3 N–H and O–H groups in total. The van der Waals surface area contributed by atoms with Gasteiger partial charge in [-0.2, -0.15) is 13.9 Å². The Morgan fingerprint density at radius 3 is 2.47 bits per heavy atom. The maximum absolute atomic E-state index is 13.8. The lowest BCUT2D eigenvalue weighted by Gasteiger charge is -2.60. The van der Waals surface area contributed by atoms with Crippen LogP contribution < -0.4 is 20.7 Å². The number of amides is 5. The van der Waals surface area contributed by atoms with Crippen LogP contribution in [0.2, 0.25) is 0 Å². The molecule has 60 heavy (non-hydrogen) atoms. The Hall–Kier alpha value is -5.77. The van der Waals surface area contributed by atoms with Crippen LogP contribution >= 0.6 is 0 Å². The first kappa shape index (κ1) is 39.7. The number of pyridine rings is 1. The van der Waals surface area contributed by atoms with Gasteiger partial charge in [-0.3, -0.25) is 38.9 Å². The first-order valence-corrected chi connectivity index (χ1v) is 20.8. The number of rotatable bonds is 12. The molecule has 3 aliphatic heterocycles. The number of alkyl halides is 2. The van der Waals surface area contributed by atoms with Crippen LogP contribution in [0.1, 0.15) is 108 Å². The lowest BCUT2D eigenvalue weighted by atomic mass is 9.57. The van der Waals surface area contributed by atoms with E-state index in [4.69, 9.17) is 9.84 Å². The fourth-order valence-corrected chi connectivity index (χ4v) is 10.2. The van der Waals surface area contributed by atoms with Crippen molar-refractivity contribution in [3.8, 4) is 5.75 Å². The van der Waals surface area contributed by atoms with E-state index in [1.54, 1.807) is 30.3 Å². The maximum atomic E-state index is 13.8. The number of methoxy groups -OCH3 is 1. The predicted molar refractivity (Wildman–Crippen MR) is 217 cm³/mol. The van der Waals surface area contributed by atoms with E-state index >= 15 is 0 Å². The van der Waals surface area contributed by atoms with E-state index in [0.29, 0.717) is 46.5 Å². The number of benzene rings is 2. The van der Waals surface area contributed by atoms with Gasteiger partial charge in [-0.05, 0) is 98.9 Å². The molecule has 314 valence electrons. The van der Waals surface area contributed by atoms with E-state index in [9.17, 15) is 32.8 Å². The van der Waals surface area contributed by atoms with Crippen molar-refractivity contribution in [3.05, 3.63) is 77.2 Å². The number of hydrogen-bond acceptors (Lipinski definition) is 10. The van der Waals surface area contributed by atoms with Crippen LogP contribution in [0.4, 0.5) is 20.2 Å². The van der Waals surface area contributed by atoms with Gasteiger partial charge < -0.3 is 20.3 Å². The Bertz CT molecular complexity index is 2390. The highest BCUT2D eigenvalue weighted by Gasteiger charge is 2.52. The number of anilines is 2. The minimum absolute atomic E-state index is 0.0843. The summed E-state index contributed by atoms with van der Waals surface area (Å²) < 4.78 is 35.2. The normalized spacial score (nSPS) is 23.0. The Kier molecular flexibility index (Phi) is 10.2. The molecule has 4 aromatic rings. The quantitative estimate of drug-likeness (QED) is 0.141. The molecule has 1 atom stereocenters. The van der Waals surface area contributed by atoms with Crippen molar-refractivity contribution in [2.24, 2.45) is 17.3 Å². The van der Waals surface area contributed by atoms with E-state index in [2.05, 4.69) is 25.8 Å². The topological polar surface area (TPSA) is 168 Å². The molecule has 2 aliphatic carbocycles. The van der Waals surface area contributed by atoms with Gasteiger partial charge in [0.25, 0.3) is 23.6 Å². The van der Waals surface area contributed by atoms with Crippen LogP contribution in [0.5, 0.6) is 5.75 Å². The molecule has 5 aliphatic rings. The van der Waals surface area contributed by atoms with Gasteiger partial charge >= 0.3 is 0 Å². The Labute approximate surface area is 345 Å². The number of ether oxygens (including phenoxy) is 1. The highest BCUT2D eigenvalue weighted by atomic mass is 19.3. The molecule has 5 amide bonds. The second kappa shape index (κ2) is 15.4. The van der Waals surface area contributed by atoms with E-state index in [1.807, 2.05) is 10.9 Å². The lowest BCUT2D eigenvalue weighted by Crippen LogP contribution is -2.63. The third-order valence-corrected chi connectivity index (χ3v) is 13.1. The van der Waals surface area contributed by atoms with Gasteiger partial charge in [-0.15, -0.1) is 0 Å². The summed E-state index contributed by atoms with van der Waals surface area (Å²) in [5, 5.41) is 14.1. The smallest absolute Gasteiger partial charge is 0.287 e. The number of nitrogens with zero attached hydrogens (tertiary/aromatic N) is 5. The average Bonchev–Trinajstić information content (AvgIpc) is 3.73. The Morgan fingerprint density at radius 2 is 1.73 bits per heavy atom. The molecule has 5 heterocycles. The number of fused-ring (bicyclic) bond motifs is 2. The second-order valence-electron chi connectivity index (χ2n) is 17.5. The summed E-state index contributed by atoms with van der Waals surface area (Å²) in [4.78, 5) is 71.2. The van der Waals surface area contributed by atoms with Crippen molar-refractivity contribution in [3.63, 3.8) is 0 Å². The summed E-state index contributed by atoms with van der Waals surface area (Å²) >= 11 is 0. The molecule has 14 nitrogen and oxygen atoms in total. The number of halogens is 2. The Balaban J connectivity index is 0.719.